The molecule has 2 heterocycles. The van der Waals surface area contributed by atoms with Gasteiger partial charge >= 0.3 is 0 Å². The van der Waals surface area contributed by atoms with Gasteiger partial charge in [0.2, 0.25) is 11.8 Å². The van der Waals surface area contributed by atoms with E-state index in [1.165, 1.54) is 18.9 Å². The second-order valence-corrected chi connectivity index (χ2v) is 7.80. The lowest BCUT2D eigenvalue weighted by Gasteiger charge is -2.33. The Balaban J connectivity index is 1.32. The van der Waals surface area contributed by atoms with Gasteiger partial charge in [-0.25, -0.2) is 4.39 Å². The van der Waals surface area contributed by atoms with Crippen molar-refractivity contribution in [2.75, 3.05) is 13.1 Å². The van der Waals surface area contributed by atoms with E-state index in [2.05, 4.69) is 15.5 Å². The van der Waals surface area contributed by atoms with Crippen molar-refractivity contribution in [2.24, 2.45) is 5.41 Å². The van der Waals surface area contributed by atoms with Crippen LogP contribution in [0.15, 0.2) is 28.8 Å². The highest BCUT2D eigenvalue weighted by Crippen LogP contribution is 2.53. The third kappa shape index (κ3) is 3.90. The predicted octanol–water partition coefficient (Wildman–Crippen LogP) is 2.32. The first kappa shape index (κ1) is 18.6. The molecule has 2 fully saturated rings. The van der Waals surface area contributed by atoms with Crippen LogP contribution >= 0.6 is 0 Å². The van der Waals surface area contributed by atoms with Gasteiger partial charge in [-0.1, -0.05) is 23.4 Å². The summed E-state index contributed by atoms with van der Waals surface area (Å²) < 4.78 is 18.8. The highest BCUT2D eigenvalue weighted by Gasteiger charge is 2.45. The van der Waals surface area contributed by atoms with Crippen LogP contribution in [0.4, 0.5) is 4.39 Å². The minimum atomic E-state index is -0.672. The first-order valence-corrected chi connectivity index (χ1v) is 9.61. The van der Waals surface area contributed by atoms with Crippen LogP contribution in [0.2, 0.25) is 0 Å². The lowest BCUT2D eigenvalue weighted by Crippen LogP contribution is -2.49. The SMILES string of the molecule is CC(NC(=O)c1noc(Cc2ccccc2F)n1)C(=O)N1CCC2(CC1)CC2. The number of nitrogens with zero attached hydrogens (tertiary/aromatic N) is 3. The van der Waals surface area contributed by atoms with Gasteiger partial charge in [0.1, 0.15) is 11.9 Å². The van der Waals surface area contributed by atoms with Crippen LogP contribution in [-0.4, -0.2) is 46.0 Å². The number of amides is 2. The molecule has 4 rings (SSSR count). The Morgan fingerprint density at radius 1 is 1.25 bits per heavy atom. The molecule has 7 nitrogen and oxygen atoms in total. The van der Waals surface area contributed by atoms with Crippen molar-refractivity contribution in [1.82, 2.24) is 20.4 Å². The van der Waals surface area contributed by atoms with E-state index in [0.717, 1.165) is 25.9 Å². The number of nitrogens with one attached hydrogen (secondary N) is 1. The number of carbonyl (C=O) groups excluding carboxylic acids is 2. The summed E-state index contributed by atoms with van der Waals surface area (Å²) in [5, 5.41) is 6.28. The largest absolute Gasteiger partial charge is 0.341 e. The summed E-state index contributed by atoms with van der Waals surface area (Å²) in [5.41, 5.74) is 0.892. The molecule has 0 radical (unpaired) electrons. The minimum absolute atomic E-state index is 0.0942. The number of benzene rings is 1. The molecule has 1 saturated carbocycles. The average molecular weight is 386 g/mol. The Hall–Kier alpha value is -2.77. The predicted molar refractivity (Wildman–Crippen MR) is 97.9 cm³/mol. The summed E-state index contributed by atoms with van der Waals surface area (Å²) in [7, 11) is 0. The normalized spacial score (nSPS) is 18.7. The number of piperidine rings is 1. The van der Waals surface area contributed by atoms with Crippen LogP contribution in [0.3, 0.4) is 0 Å². The number of likely N-dealkylation sites (tertiary alicyclic amines) is 1. The van der Waals surface area contributed by atoms with Crippen LogP contribution in [0, 0.1) is 11.2 Å². The zero-order valence-electron chi connectivity index (χ0n) is 15.8. The first-order chi connectivity index (χ1) is 13.5. The third-order valence-electron chi connectivity index (χ3n) is 5.78. The third-order valence-corrected chi connectivity index (χ3v) is 5.78. The Morgan fingerprint density at radius 3 is 2.64 bits per heavy atom. The highest BCUT2D eigenvalue weighted by atomic mass is 19.1. The summed E-state index contributed by atoms with van der Waals surface area (Å²) in [6.45, 7) is 3.14. The molecule has 2 aromatic rings. The molecule has 1 unspecified atom stereocenters. The Bertz CT molecular complexity index is 883. The van der Waals surface area contributed by atoms with Gasteiger partial charge in [-0.05, 0) is 49.7 Å². The van der Waals surface area contributed by atoms with Crippen LogP contribution in [0.1, 0.15) is 54.7 Å². The van der Waals surface area contributed by atoms with Crippen LogP contribution in [0.25, 0.3) is 0 Å². The molecule has 1 spiro atoms. The van der Waals surface area contributed by atoms with Gasteiger partial charge in [0.25, 0.3) is 11.7 Å². The summed E-state index contributed by atoms with van der Waals surface area (Å²) in [4.78, 5) is 30.8. The van der Waals surface area contributed by atoms with Crippen molar-refractivity contribution in [2.45, 2.75) is 45.1 Å². The van der Waals surface area contributed by atoms with Crippen molar-refractivity contribution < 1.29 is 18.5 Å². The van der Waals surface area contributed by atoms with E-state index in [1.807, 2.05) is 4.90 Å². The fourth-order valence-electron chi connectivity index (χ4n) is 3.70. The molecule has 1 aliphatic heterocycles. The molecule has 0 bridgehead atoms. The second-order valence-electron chi connectivity index (χ2n) is 7.80. The number of hydrogen-bond donors (Lipinski definition) is 1. The second kappa shape index (κ2) is 7.33. The van der Waals surface area contributed by atoms with Crippen molar-refractivity contribution in [3.05, 3.63) is 47.4 Å². The van der Waals surface area contributed by atoms with Crippen molar-refractivity contribution in [3.63, 3.8) is 0 Å². The van der Waals surface area contributed by atoms with E-state index in [4.69, 9.17) is 4.52 Å². The summed E-state index contributed by atoms with van der Waals surface area (Å²) >= 11 is 0. The highest BCUT2D eigenvalue weighted by molar-refractivity contribution is 5.94. The summed E-state index contributed by atoms with van der Waals surface area (Å²) in [5.74, 6) is -1.08. The molecule has 2 aliphatic rings. The number of hydrogen-bond acceptors (Lipinski definition) is 5. The molecular weight excluding hydrogens is 363 g/mol. The Kier molecular flexibility index (Phi) is 4.87. The monoisotopic (exact) mass is 386 g/mol. The van der Waals surface area contributed by atoms with Crippen molar-refractivity contribution in [1.29, 1.82) is 0 Å². The molecule has 1 aliphatic carbocycles. The van der Waals surface area contributed by atoms with Crippen LogP contribution in [0.5, 0.6) is 0 Å². The van der Waals surface area contributed by atoms with Gasteiger partial charge in [-0.15, -0.1) is 0 Å². The summed E-state index contributed by atoms with van der Waals surface area (Å²) in [6.07, 6.45) is 4.73. The minimum Gasteiger partial charge on any atom is -0.341 e. The van der Waals surface area contributed by atoms with Gasteiger partial charge in [0, 0.05) is 13.1 Å². The molecule has 1 saturated heterocycles. The lowest BCUT2D eigenvalue weighted by atomic mass is 9.93. The van der Waals surface area contributed by atoms with E-state index in [0.29, 0.717) is 11.0 Å². The fourth-order valence-corrected chi connectivity index (χ4v) is 3.70. The van der Waals surface area contributed by atoms with Crippen LogP contribution in [-0.2, 0) is 11.2 Å². The molecule has 1 atom stereocenters. The molecule has 1 aromatic heterocycles. The zero-order valence-corrected chi connectivity index (χ0v) is 15.8. The van der Waals surface area contributed by atoms with E-state index < -0.39 is 11.9 Å². The molecule has 148 valence electrons. The van der Waals surface area contributed by atoms with Crippen molar-refractivity contribution in [3.8, 4) is 0 Å². The molecular formula is C20H23FN4O3. The number of halogens is 1. The van der Waals surface area contributed by atoms with Gasteiger partial charge < -0.3 is 14.7 Å². The maximum Gasteiger partial charge on any atom is 0.293 e. The smallest absolute Gasteiger partial charge is 0.293 e. The van der Waals surface area contributed by atoms with E-state index in [9.17, 15) is 14.0 Å². The van der Waals surface area contributed by atoms with E-state index in [1.54, 1.807) is 25.1 Å². The van der Waals surface area contributed by atoms with Crippen LogP contribution < -0.4 is 5.32 Å². The molecule has 8 heteroatoms. The standard InChI is InChI=1S/C20H23FN4O3/c1-13(19(27)25-10-8-20(6-7-20)9-11-25)22-18(26)17-23-16(28-24-17)12-14-4-2-3-5-15(14)21/h2-5,13H,6-12H2,1H3,(H,22,26). The van der Waals surface area contributed by atoms with Gasteiger partial charge in [0.05, 0.1) is 6.42 Å². The maximum atomic E-state index is 13.7. The van der Waals surface area contributed by atoms with Gasteiger partial charge in [-0.2, -0.15) is 4.98 Å². The number of rotatable bonds is 5. The van der Waals surface area contributed by atoms with Gasteiger partial charge in [0.15, 0.2) is 0 Å². The zero-order chi connectivity index (χ0) is 19.7. The molecule has 1 aromatic carbocycles. The lowest BCUT2D eigenvalue weighted by molar-refractivity contribution is -0.134. The average Bonchev–Trinajstić information content (AvgIpc) is 3.27. The summed E-state index contributed by atoms with van der Waals surface area (Å²) in [6, 6.07) is 5.59. The molecule has 1 N–H and O–H groups in total. The van der Waals surface area contributed by atoms with E-state index in [-0.39, 0.29) is 29.9 Å². The Morgan fingerprint density at radius 2 is 1.96 bits per heavy atom. The quantitative estimate of drug-likeness (QED) is 0.852. The Labute approximate surface area is 162 Å². The molecule has 28 heavy (non-hydrogen) atoms. The maximum absolute atomic E-state index is 13.7. The number of aromatic nitrogens is 2. The van der Waals surface area contributed by atoms with Crippen molar-refractivity contribution >= 4 is 11.8 Å². The van der Waals surface area contributed by atoms with E-state index >= 15 is 0 Å². The molecule has 2 amide bonds. The fraction of sp³-hybridized carbons (Fsp3) is 0.500. The topological polar surface area (TPSA) is 88.3 Å². The first-order valence-electron chi connectivity index (χ1n) is 9.61. The van der Waals surface area contributed by atoms with Gasteiger partial charge in [-0.3, -0.25) is 9.59 Å². The number of carbonyl (C=O) groups is 2.